The number of benzene rings is 1. The van der Waals surface area contributed by atoms with E-state index in [9.17, 15) is 4.79 Å². The van der Waals surface area contributed by atoms with Crippen LogP contribution in [0.15, 0.2) is 18.2 Å². The van der Waals surface area contributed by atoms with E-state index in [2.05, 4.69) is 45.7 Å². The van der Waals surface area contributed by atoms with E-state index < -0.39 is 8.32 Å². The first-order chi connectivity index (χ1) is 10.1. The van der Waals surface area contributed by atoms with E-state index >= 15 is 0 Å². The maximum Gasteiger partial charge on any atom is 0.339 e. The average molecular weight is 318 g/mol. The third kappa shape index (κ3) is 4.72. The van der Waals surface area contributed by atoms with Crippen molar-refractivity contribution in [1.29, 1.82) is 0 Å². The van der Waals surface area contributed by atoms with Crippen molar-refractivity contribution in [2.75, 3.05) is 13.7 Å². The van der Waals surface area contributed by atoms with Gasteiger partial charge in [-0.1, -0.05) is 44.2 Å². The number of esters is 1. The minimum absolute atomic E-state index is 0.162. The van der Waals surface area contributed by atoms with Gasteiger partial charge in [-0.2, -0.15) is 0 Å². The Morgan fingerprint density at radius 3 is 2.45 bits per heavy atom. The van der Waals surface area contributed by atoms with Gasteiger partial charge in [-0.3, -0.25) is 0 Å². The lowest BCUT2D eigenvalue weighted by Gasteiger charge is -2.35. The Balaban J connectivity index is 2.88. The van der Waals surface area contributed by atoms with Gasteiger partial charge in [-0.05, 0) is 37.2 Å². The molecule has 0 bridgehead atoms. The van der Waals surface area contributed by atoms with Gasteiger partial charge < -0.3 is 9.16 Å². The fourth-order valence-electron chi connectivity index (χ4n) is 1.61. The summed E-state index contributed by atoms with van der Waals surface area (Å²) in [6.45, 7) is 13.3. The topological polar surface area (TPSA) is 35.5 Å². The number of carbonyl (C=O) groups is 1. The average Bonchev–Trinajstić information content (AvgIpc) is 2.42. The van der Waals surface area contributed by atoms with E-state index in [1.807, 2.05) is 19.1 Å². The second kappa shape index (κ2) is 7.13. The number of rotatable bonds is 3. The molecule has 1 aromatic carbocycles. The molecular weight excluding hydrogens is 292 g/mol. The number of hydrogen-bond acceptors (Lipinski definition) is 3. The Kier molecular flexibility index (Phi) is 5.98. The minimum Gasteiger partial charge on any atom is -0.465 e. The Bertz CT molecular complexity index is 601. The molecule has 0 aliphatic carbocycles. The SMILES string of the molecule is COC(=O)c1cc(C)ccc1C#CCO[Si](C)(C)C(C)(C)C. The molecule has 0 amide bonds. The molecule has 0 aliphatic rings. The van der Waals surface area contributed by atoms with Crippen LogP contribution in [0.4, 0.5) is 0 Å². The zero-order chi connectivity index (χ0) is 17.0. The molecule has 4 heteroatoms. The predicted molar refractivity (Wildman–Crippen MR) is 92.5 cm³/mol. The lowest BCUT2D eigenvalue weighted by molar-refractivity contribution is 0.0600. The molecule has 1 rings (SSSR count). The third-order valence-electron chi connectivity index (χ3n) is 4.11. The fraction of sp³-hybridized carbons (Fsp3) is 0.500. The van der Waals surface area contributed by atoms with Crippen LogP contribution in [-0.2, 0) is 9.16 Å². The second-order valence-electron chi connectivity index (χ2n) is 6.89. The van der Waals surface area contributed by atoms with Crippen molar-refractivity contribution in [2.24, 2.45) is 0 Å². The van der Waals surface area contributed by atoms with Crippen LogP contribution >= 0.6 is 0 Å². The predicted octanol–water partition coefficient (Wildman–Crippen LogP) is 4.15. The fourth-order valence-corrected chi connectivity index (χ4v) is 2.48. The van der Waals surface area contributed by atoms with Gasteiger partial charge in [0.1, 0.15) is 0 Å². The molecule has 0 N–H and O–H groups in total. The van der Waals surface area contributed by atoms with Crippen molar-refractivity contribution in [3.05, 3.63) is 34.9 Å². The molecular formula is C18H26O3Si. The molecule has 0 atom stereocenters. The number of carbonyl (C=O) groups excluding carboxylic acids is 1. The van der Waals surface area contributed by atoms with Crippen molar-refractivity contribution in [2.45, 2.75) is 45.8 Å². The molecule has 0 spiro atoms. The molecule has 120 valence electrons. The standard InChI is InChI=1S/C18H26O3Si/c1-14-10-11-15(16(13-14)17(19)20-5)9-8-12-21-22(6,7)18(2,3)4/h10-11,13H,12H2,1-7H3. The van der Waals surface area contributed by atoms with Gasteiger partial charge in [0.15, 0.2) is 8.32 Å². The van der Waals surface area contributed by atoms with Crippen LogP contribution in [0.5, 0.6) is 0 Å². The maximum absolute atomic E-state index is 11.8. The van der Waals surface area contributed by atoms with Gasteiger partial charge >= 0.3 is 5.97 Å². The van der Waals surface area contributed by atoms with Crippen molar-refractivity contribution >= 4 is 14.3 Å². The lowest BCUT2D eigenvalue weighted by atomic mass is 10.0. The summed E-state index contributed by atoms with van der Waals surface area (Å²) in [6.07, 6.45) is 0. The molecule has 0 unspecified atom stereocenters. The molecule has 0 radical (unpaired) electrons. The maximum atomic E-state index is 11.8. The van der Waals surface area contributed by atoms with E-state index in [-0.39, 0.29) is 11.0 Å². The first-order valence-corrected chi connectivity index (χ1v) is 10.3. The van der Waals surface area contributed by atoms with E-state index in [0.29, 0.717) is 17.7 Å². The molecule has 3 nitrogen and oxygen atoms in total. The van der Waals surface area contributed by atoms with Gasteiger partial charge in [0.25, 0.3) is 0 Å². The Hall–Kier alpha value is -1.57. The minimum atomic E-state index is -1.79. The van der Waals surface area contributed by atoms with Crippen LogP contribution in [0, 0.1) is 18.8 Å². The molecule has 0 heterocycles. The molecule has 22 heavy (non-hydrogen) atoms. The highest BCUT2D eigenvalue weighted by Gasteiger charge is 2.36. The van der Waals surface area contributed by atoms with Crippen molar-refractivity contribution in [3.8, 4) is 11.8 Å². The van der Waals surface area contributed by atoms with Gasteiger partial charge in [-0.15, -0.1) is 0 Å². The quantitative estimate of drug-likeness (QED) is 0.477. The Morgan fingerprint density at radius 2 is 1.91 bits per heavy atom. The number of methoxy groups -OCH3 is 1. The van der Waals surface area contributed by atoms with Crippen LogP contribution in [0.25, 0.3) is 0 Å². The Labute approximate surface area is 135 Å². The summed E-state index contributed by atoms with van der Waals surface area (Å²) in [6, 6.07) is 5.58. The summed E-state index contributed by atoms with van der Waals surface area (Å²) in [7, 11) is -0.411. The van der Waals surface area contributed by atoms with Crippen molar-refractivity contribution < 1.29 is 14.0 Å². The van der Waals surface area contributed by atoms with Gasteiger partial charge in [0, 0.05) is 5.56 Å². The highest BCUT2D eigenvalue weighted by atomic mass is 28.4. The summed E-state index contributed by atoms with van der Waals surface area (Å²) in [5.41, 5.74) is 2.18. The highest BCUT2D eigenvalue weighted by Crippen LogP contribution is 2.36. The molecule has 0 saturated heterocycles. The zero-order valence-corrected chi connectivity index (χ0v) is 15.7. The summed E-state index contributed by atoms with van der Waals surface area (Å²) in [4.78, 5) is 11.8. The van der Waals surface area contributed by atoms with Crippen molar-refractivity contribution in [1.82, 2.24) is 0 Å². The smallest absolute Gasteiger partial charge is 0.339 e. The van der Waals surface area contributed by atoms with Gasteiger partial charge in [0.05, 0.1) is 19.3 Å². The largest absolute Gasteiger partial charge is 0.465 e. The monoisotopic (exact) mass is 318 g/mol. The summed E-state index contributed by atoms with van der Waals surface area (Å²) >= 11 is 0. The molecule has 1 aromatic rings. The summed E-state index contributed by atoms with van der Waals surface area (Å²) in [5, 5.41) is 0.162. The van der Waals surface area contributed by atoms with Crippen LogP contribution in [0.1, 0.15) is 42.3 Å². The summed E-state index contributed by atoms with van der Waals surface area (Å²) in [5.74, 6) is 5.69. The second-order valence-corrected chi connectivity index (χ2v) is 11.7. The number of hydrogen-bond donors (Lipinski definition) is 0. The van der Waals surface area contributed by atoms with Crippen molar-refractivity contribution in [3.63, 3.8) is 0 Å². The summed E-state index contributed by atoms with van der Waals surface area (Å²) < 4.78 is 10.8. The third-order valence-corrected chi connectivity index (χ3v) is 8.59. The highest BCUT2D eigenvalue weighted by molar-refractivity contribution is 6.74. The lowest BCUT2D eigenvalue weighted by Crippen LogP contribution is -2.40. The first kappa shape index (κ1) is 18.5. The van der Waals surface area contributed by atoms with Gasteiger partial charge in [0.2, 0.25) is 0 Å². The van der Waals surface area contributed by atoms with E-state index in [4.69, 9.17) is 9.16 Å². The van der Waals surface area contributed by atoms with E-state index in [1.165, 1.54) is 7.11 Å². The van der Waals surface area contributed by atoms with Gasteiger partial charge in [-0.25, -0.2) is 4.79 Å². The van der Waals surface area contributed by atoms with E-state index in [1.54, 1.807) is 6.07 Å². The number of ether oxygens (including phenoxy) is 1. The molecule has 0 aromatic heterocycles. The zero-order valence-electron chi connectivity index (χ0n) is 14.7. The van der Waals surface area contributed by atoms with Crippen LogP contribution in [-0.4, -0.2) is 28.0 Å². The van der Waals surface area contributed by atoms with Crippen LogP contribution in [0.3, 0.4) is 0 Å². The van der Waals surface area contributed by atoms with E-state index in [0.717, 1.165) is 5.56 Å². The molecule has 0 fully saturated rings. The Morgan fingerprint density at radius 1 is 1.27 bits per heavy atom. The molecule has 0 saturated carbocycles. The molecule has 0 aliphatic heterocycles. The van der Waals surface area contributed by atoms with Crippen LogP contribution in [0.2, 0.25) is 18.1 Å². The number of aryl methyl sites for hydroxylation is 1. The van der Waals surface area contributed by atoms with Crippen LogP contribution < -0.4 is 0 Å². The first-order valence-electron chi connectivity index (χ1n) is 7.40. The normalized spacial score (nSPS) is 11.6.